The van der Waals surface area contributed by atoms with E-state index in [1.165, 1.54) is 0 Å². The van der Waals surface area contributed by atoms with Crippen molar-refractivity contribution in [1.82, 2.24) is 0 Å². The third kappa shape index (κ3) is 3.82. The molecule has 1 aromatic carbocycles. The lowest BCUT2D eigenvalue weighted by molar-refractivity contribution is 0.553. The molecule has 0 spiro atoms. The summed E-state index contributed by atoms with van der Waals surface area (Å²) in [6.45, 7) is 7.50. The topological polar surface area (TPSA) is 60.2 Å². The van der Waals surface area contributed by atoms with Gasteiger partial charge >= 0.3 is 0 Å². The molecule has 2 atom stereocenters. The van der Waals surface area contributed by atoms with Gasteiger partial charge < -0.3 is 5.73 Å². The van der Waals surface area contributed by atoms with Crippen molar-refractivity contribution in [3.8, 4) is 0 Å². The minimum absolute atomic E-state index is 0.127. The molecular formula is C14H23NO2S. The Balaban J connectivity index is 2.90. The highest BCUT2D eigenvalue weighted by atomic mass is 32.2. The van der Waals surface area contributed by atoms with Gasteiger partial charge in [0.15, 0.2) is 9.84 Å². The van der Waals surface area contributed by atoms with Gasteiger partial charge in [0.1, 0.15) is 0 Å². The Morgan fingerprint density at radius 3 is 2.06 bits per heavy atom. The van der Waals surface area contributed by atoms with Crippen molar-refractivity contribution < 1.29 is 8.42 Å². The lowest BCUT2D eigenvalue weighted by atomic mass is 10.0. The molecule has 0 heterocycles. The average molecular weight is 269 g/mol. The van der Waals surface area contributed by atoms with Crippen LogP contribution in [0.2, 0.25) is 0 Å². The number of hydrogen-bond donors (Lipinski definition) is 1. The van der Waals surface area contributed by atoms with Crippen LogP contribution in [0.1, 0.15) is 37.9 Å². The summed E-state index contributed by atoms with van der Waals surface area (Å²) >= 11 is 0. The first-order chi connectivity index (χ1) is 8.24. The predicted octanol–water partition coefficient (Wildman–Crippen LogP) is 2.45. The summed E-state index contributed by atoms with van der Waals surface area (Å²) in [5.41, 5.74) is 8.09. The Hall–Kier alpha value is -0.870. The number of benzene rings is 1. The van der Waals surface area contributed by atoms with Crippen LogP contribution in [0.5, 0.6) is 0 Å². The van der Waals surface area contributed by atoms with Crippen molar-refractivity contribution in [3.63, 3.8) is 0 Å². The van der Waals surface area contributed by atoms with Gasteiger partial charge in [-0.15, -0.1) is 0 Å². The molecule has 102 valence electrons. The summed E-state index contributed by atoms with van der Waals surface area (Å²) in [6, 6.07) is 7.26. The summed E-state index contributed by atoms with van der Waals surface area (Å²) in [7, 11) is -3.14. The lowest BCUT2D eigenvalue weighted by Crippen LogP contribution is -2.34. The second-order valence-corrected chi connectivity index (χ2v) is 7.77. The van der Waals surface area contributed by atoms with E-state index in [1.54, 1.807) is 6.92 Å². The molecular weight excluding hydrogens is 246 g/mol. The Bertz CT molecular complexity index is 477. The van der Waals surface area contributed by atoms with Gasteiger partial charge in [-0.3, -0.25) is 0 Å². The fourth-order valence-corrected chi connectivity index (χ4v) is 3.74. The number of sulfone groups is 1. The van der Waals surface area contributed by atoms with Gasteiger partial charge in [-0.2, -0.15) is 0 Å². The Morgan fingerprint density at radius 1 is 1.11 bits per heavy atom. The molecule has 4 heteroatoms. The van der Waals surface area contributed by atoms with Crippen molar-refractivity contribution in [2.45, 2.75) is 39.0 Å². The molecule has 0 radical (unpaired) electrons. The molecule has 0 saturated carbocycles. The van der Waals surface area contributed by atoms with Crippen LogP contribution in [-0.4, -0.2) is 19.4 Å². The average Bonchev–Trinajstić information content (AvgIpc) is 2.26. The standard InChI is InChI=1S/C14H23NO2S/c1-10(2)9-18(16,17)12(4)14(15)13-7-5-11(3)6-8-13/h5-8,10,12,14H,9,15H2,1-4H3. The molecule has 1 rings (SSSR count). The minimum atomic E-state index is -3.14. The highest BCUT2D eigenvalue weighted by Gasteiger charge is 2.28. The summed E-state index contributed by atoms with van der Waals surface area (Å²) in [5, 5.41) is -0.553. The molecule has 0 bridgehead atoms. The molecule has 2 unspecified atom stereocenters. The zero-order valence-corrected chi connectivity index (χ0v) is 12.4. The van der Waals surface area contributed by atoms with Crippen LogP contribution in [0, 0.1) is 12.8 Å². The third-order valence-electron chi connectivity index (χ3n) is 3.10. The van der Waals surface area contributed by atoms with Crippen LogP contribution >= 0.6 is 0 Å². The van der Waals surface area contributed by atoms with Gasteiger partial charge in [-0.05, 0) is 25.3 Å². The first-order valence-corrected chi connectivity index (χ1v) is 7.99. The van der Waals surface area contributed by atoms with Crippen LogP contribution in [0.25, 0.3) is 0 Å². The Morgan fingerprint density at radius 2 is 1.61 bits per heavy atom. The fraction of sp³-hybridized carbons (Fsp3) is 0.571. The summed E-state index contributed by atoms with van der Waals surface area (Å²) < 4.78 is 24.3. The number of hydrogen-bond acceptors (Lipinski definition) is 3. The zero-order chi connectivity index (χ0) is 13.9. The summed E-state index contributed by atoms with van der Waals surface area (Å²) in [6.07, 6.45) is 0. The SMILES string of the molecule is Cc1ccc(C(N)C(C)S(=O)(=O)CC(C)C)cc1. The van der Waals surface area contributed by atoms with Crippen LogP contribution in [0.3, 0.4) is 0 Å². The summed E-state index contributed by atoms with van der Waals surface area (Å²) in [5.74, 6) is 0.316. The Labute approximate surface area is 110 Å². The predicted molar refractivity (Wildman–Crippen MR) is 76.2 cm³/mol. The van der Waals surface area contributed by atoms with E-state index in [0.717, 1.165) is 11.1 Å². The third-order valence-corrected chi connectivity index (χ3v) is 5.66. The lowest BCUT2D eigenvalue weighted by Gasteiger charge is -2.21. The first kappa shape index (κ1) is 15.2. The fourth-order valence-electron chi connectivity index (χ4n) is 1.90. The number of aryl methyl sites for hydroxylation is 1. The molecule has 3 nitrogen and oxygen atoms in total. The highest BCUT2D eigenvalue weighted by molar-refractivity contribution is 7.92. The minimum Gasteiger partial charge on any atom is -0.323 e. The van der Waals surface area contributed by atoms with E-state index in [1.807, 2.05) is 45.0 Å². The largest absolute Gasteiger partial charge is 0.323 e. The molecule has 2 N–H and O–H groups in total. The molecule has 18 heavy (non-hydrogen) atoms. The monoisotopic (exact) mass is 269 g/mol. The number of rotatable bonds is 5. The molecule has 0 aliphatic carbocycles. The number of nitrogens with two attached hydrogens (primary N) is 1. The van der Waals surface area contributed by atoms with E-state index in [0.29, 0.717) is 0 Å². The second-order valence-electron chi connectivity index (χ2n) is 5.36. The Kier molecular flexibility index (Phi) is 4.93. The van der Waals surface area contributed by atoms with Crippen LogP contribution in [0.15, 0.2) is 24.3 Å². The van der Waals surface area contributed by atoms with E-state index in [2.05, 4.69) is 0 Å². The van der Waals surface area contributed by atoms with Crippen molar-refractivity contribution in [1.29, 1.82) is 0 Å². The van der Waals surface area contributed by atoms with Crippen molar-refractivity contribution in [2.75, 3.05) is 5.75 Å². The van der Waals surface area contributed by atoms with E-state index >= 15 is 0 Å². The first-order valence-electron chi connectivity index (χ1n) is 6.27. The smallest absolute Gasteiger partial charge is 0.155 e. The maximum absolute atomic E-state index is 12.1. The van der Waals surface area contributed by atoms with Crippen molar-refractivity contribution >= 4 is 9.84 Å². The quantitative estimate of drug-likeness (QED) is 0.893. The molecule has 0 aromatic heterocycles. The van der Waals surface area contributed by atoms with E-state index in [-0.39, 0.29) is 11.7 Å². The van der Waals surface area contributed by atoms with Gasteiger partial charge in [0.05, 0.1) is 11.0 Å². The highest BCUT2D eigenvalue weighted by Crippen LogP contribution is 2.21. The molecule has 0 aliphatic rings. The maximum atomic E-state index is 12.1. The molecule has 1 aromatic rings. The second kappa shape index (κ2) is 5.85. The van der Waals surface area contributed by atoms with Crippen LogP contribution in [-0.2, 0) is 9.84 Å². The molecule has 0 aliphatic heterocycles. The normalized spacial score (nSPS) is 15.7. The van der Waals surface area contributed by atoms with E-state index < -0.39 is 21.1 Å². The maximum Gasteiger partial charge on any atom is 0.155 e. The molecule has 0 saturated heterocycles. The van der Waals surface area contributed by atoms with E-state index in [4.69, 9.17) is 5.73 Å². The van der Waals surface area contributed by atoms with Crippen molar-refractivity contribution in [2.24, 2.45) is 11.7 Å². The molecule has 0 amide bonds. The van der Waals surface area contributed by atoms with Gasteiger partial charge in [-0.1, -0.05) is 43.7 Å². The van der Waals surface area contributed by atoms with E-state index in [9.17, 15) is 8.42 Å². The zero-order valence-electron chi connectivity index (χ0n) is 11.6. The van der Waals surface area contributed by atoms with Gasteiger partial charge in [0.2, 0.25) is 0 Å². The molecule has 0 fully saturated rings. The van der Waals surface area contributed by atoms with Gasteiger partial charge in [0, 0.05) is 6.04 Å². The van der Waals surface area contributed by atoms with Gasteiger partial charge in [0.25, 0.3) is 0 Å². The summed E-state index contributed by atoms with van der Waals surface area (Å²) in [4.78, 5) is 0. The van der Waals surface area contributed by atoms with Crippen molar-refractivity contribution in [3.05, 3.63) is 35.4 Å². The van der Waals surface area contributed by atoms with Crippen LogP contribution in [0.4, 0.5) is 0 Å². The van der Waals surface area contributed by atoms with Gasteiger partial charge in [-0.25, -0.2) is 8.42 Å². The van der Waals surface area contributed by atoms with Crippen LogP contribution < -0.4 is 5.73 Å².